The van der Waals surface area contributed by atoms with Crippen molar-refractivity contribution in [2.24, 2.45) is 4.99 Å². The molecule has 2 fully saturated rings. The molecule has 158 valence electrons. The van der Waals surface area contributed by atoms with Crippen LogP contribution < -0.4 is 5.32 Å². The lowest BCUT2D eigenvalue weighted by atomic mass is 10.2. The average Bonchev–Trinajstić information content (AvgIpc) is 3.27. The molecule has 2 heterocycles. The van der Waals surface area contributed by atoms with Gasteiger partial charge in [-0.2, -0.15) is 0 Å². The van der Waals surface area contributed by atoms with Gasteiger partial charge in [-0.1, -0.05) is 12.1 Å². The molecule has 0 aromatic heterocycles. The maximum Gasteiger partial charge on any atom is 0.269 e. The number of benzene rings is 1. The molecule has 0 bridgehead atoms. The zero-order chi connectivity index (χ0) is 20.6. The van der Waals surface area contributed by atoms with Crippen molar-refractivity contribution < 1.29 is 9.72 Å². The number of amides is 1. The number of hydrogen-bond acceptors (Lipinski definition) is 5. The summed E-state index contributed by atoms with van der Waals surface area (Å²) >= 11 is 0. The monoisotopic (exact) mass is 402 g/mol. The quantitative estimate of drug-likeness (QED) is 0.334. The van der Waals surface area contributed by atoms with Crippen LogP contribution in [0.5, 0.6) is 0 Å². The molecule has 0 spiro atoms. The molecule has 2 aliphatic heterocycles. The van der Waals surface area contributed by atoms with E-state index in [0.29, 0.717) is 13.1 Å². The molecule has 1 aromatic rings. The Balaban J connectivity index is 1.54. The van der Waals surface area contributed by atoms with E-state index in [0.717, 1.165) is 70.2 Å². The van der Waals surface area contributed by atoms with Gasteiger partial charge in [0, 0.05) is 57.9 Å². The number of carbonyl (C=O) groups is 1. The number of likely N-dealkylation sites (tertiary alicyclic amines) is 1. The summed E-state index contributed by atoms with van der Waals surface area (Å²) in [6.45, 7) is 8.69. The van der Waals surface area contributed by atoms with Crippen LogP contribution in [0, 0.1) is 10.1 Å². The maximum atomic E-state index is 12.4. The summed E-state index contributed by atoms with van der Waals surface area (Å²) in [5.41, 5.74) is 0.892. The van der Waals surface area contributed by atoms with Crippen molar-refractivity contribution in [3.05, 3.63) is 39.9 Å². The van der Waals surface area contributed by atoms with Crippen molar-refractivity contribution in [2.75, 3.05) is 52.4 Å². The number of carbonyl (C=O) groups excluding carboxylic acids is 1. The van der Waals surface area contributed by atoms with Crippen molar-refractivity contribution >= 4 is 17.6 Å². The largest absolute Gasteiger partial charge is 0.357 e. The molecule has 1 N–H and O–H groups in total. The van der Waals surface area contributed by atoms with E-state index in [1.807, 2.05) is 17.9 Å². The summed E-state index contributed by atoms with van der Waals surface area (Å²) in [5.74, 6) is 1.05. The normalized spacial score (nSPS) is 18.2. The van der Waals surface area contributed by atoms with E-state index in [-0.39, 0.29) is 16.5 Å². The highest BCUT2D eigenvalue weighted by Gasteiger charge is 2.24. The van der Waals surface area contributed by atoms with Gasteiger partial charge >= 0.3 is 0 Å². The summed E-state index contributed by atoms with van der Waals surface area (Å²) in [6.07, 6.45) is 2.24. The number of guanidine groups is 1. The van der Waals surface area contributed by atoms with Crippen LogP contribution in [0.25, 0.3) is 0 Å². The predicted molar refractivity (Wildman–Crippen MR) is 112 cm³/mol. The Kier molecular flexibility index (Phi) is 7.40. The van der Waals surface area contributed by atoms with E-state index < -0.39 is 0 Å². The number of nitrogens with one attached hydrogen (secondary N) is 1. The highest BCUT2D eigenvalue weighted by atomic mass is 16.6. The number of nitrogens with zero attached hydrogens (tertiary/aromatic N) is 5. The number of rotatable bonds is 6. The van der Waals surface area contributed by atoms with E-state index >= 15 is 0 Å². The smallest absolute Gasteiger partial charge is 0.269 e. The summed E-state index contributed by atoms with van der Waals surface area (Å²) in [7, 11) is 0. The van der Waals surface area contributed by atoms with Crippen molar-refractivity contribution in [1.82, 2.24) is 20.0 Å². The van der Waals surface area contributed by atoms with E-state index in [9.17, 15) is 14.9 Å². The minimum atomic E-state index is -0.388. The second-order valence-corrected chi connectivity index (χ2v) is 7.45. The van der Waals surface area contributed by atoms with Gasteiger partial charge in [0.05, 0.1) is 18.0 Å². The second-order valence-electron chi connectivity index (χ2n) is 7.45. The SMILES string of the molecule is CCNC(=NCc1cccc([N+](=O)[O-])c1)N1CCN(CC(=O)N2CCCC2)CC1. The fraction of sp³-hybridized carbons (Fsp3) is 0.600. The number of hydrogen-bond donors (Lipinski definition) is 1. The molecule has 9 nitrogen and oxygen atoms in total. The Morgan fingerprint density at radius 3 is 2.52 bits per heavy atom. The van der Waals surface area contributed by atoms with Gasteiger partial charge in [0.25, 0.3) is 5.69 Å². The van der Waals surface area contributed by atoms with Crippen LogP contribution in [0.1, 0.15) is 25.3 Å². The number of nitro groups is 1. The van der Waals surface area contributed by atoms with Crippen LogP contribution >= 0.6 is 0 Å². The number of nitro benzene ring substituents is 1. The number of piperazine rings is 1. The van der Waals surface area contributed by atoms with E-state index in [1.165, 1.54) is 6.07 Å². The molecule has 2 aliphatic rings. The van der Waals surface area contributed by atoms with Crippen molar-refractivity contribution in [1.29, 1.82) is 0 Å². The molecule has 29 heavy (non-hydrogen) atoms. The minimum absolute atomic E-state index is 0.0824. The summed E-state index contributed by atoms with van der Waals surface area (Å²) in [6, 6.07) is 6.59. The lowest BCUT2D eigenvalue weighted by Crippen LogP contribution is -2.54. The minimum Gasteiger partial charge on any atom is -0.357 e. The Labute approximate surface area is 171 Å². The standard InChI is InChI=1S/C20H30N6O3/c1-2-21-20(22-15-17-6-5-7-18(14-17)26(28)29)25-12-10-23(11-13-25)16-19(27)24-8-3-4-9-24/h5-7,14H,2-4,8-13,15-16H2,1H3,(H,21,22). The maximum absolute atomic E-state index is 12.4. The highest BCUT2D eigenvalue weighted by molar-refractivity contribution is 5.80. The lowest BCUT2D eigenvalue weighted by Gasteiger charge is -2.36. The average molecular weight is 402 g/mol. The first kappa shape index (κ1) is 21.0. The molecule has 1 amide bonds. The number of aliphatic imine (C=N–C) groups is 1. The first-order valence-corrected chi connectivity index (χ1v) is 10.3. The third-order valence-electron chi connectivity index (χ3n) is 5.36. The summed E-state index contributed by atoms with van der Waals surface area (Å²) in [4.78, 5) is 34.0. The van der Waals surface area contributed by atoms with Gasteiger partial charge < -0.3 is 15.1 Å². The van der Waals surface area contributed by atoms with Crippen molar-refractivity contribution in [2.45, 2.75) is 26.3 Å². The molecule has 2 saturated heterocycles. The van der Waals surface area contributed by atoms with Gasteiger partial charge in [-0.05, 0) is 25.3 Å². The first-order chi connectivity index (χ1) is 14.1. The molecular formula is C20H30N6O3. The molecule has 0 aliphatic carbocycles. The van der Waals surface area contributed by atoms with Crippen LogP contribution in [-0.4, -0.2) is 83.8 Å². The fourth-order valence-electron chi connectivity index (χ4n) is 3.74. The van der Waals surface area contributed by atoms with Gasteiger partial charge in [-0.25, -0.2) is 4.99 Å². The van der Waals surface area contributed by atoms with Crippen LogP contribution in [0.2, 0.25) is 0 Å². The summed E-state index contributed by atoms with van der Waals surface area (Å²) < 4.78 is 0. The topological polar surface area (TPSA) is 94.3 Å². The van der Waals surface area contributed by atoms with E-state index in [2.05, 4.69) is 20.1 Å². The molecule has 1 aromatic carbocycles. The summed E-state index contributed by atoms with van der Waals surface area (Å²) in [5, 5.41) is 14.3. The fourth-order valence-corrected chi connectivity index (χ4v) is 3.74. The molecule has 0 unspecified atom stereocenters. The van der Waals surface area contributed by atoms with E-state index in [4.69, 9.17) is 0 Å². The molecule has 0 saturated carbocycles. The van der Waals surface area contributed by atoms with Crippen molar-refractivity contribution in [3.8, 4) is 0 Å². The zero-order valence-corrected chi connectivity index (χ0v) is 17.0. The molecule has 9 heteroatoms. The van der Waals surface area contributed by atoms with Crippen LogP contribution in [0.15, 0.2) is 29.3 Å². The molecule has 0 radical (unpaired) electrons. The van der Waals surface area contributed by atoms with Crippen LogP contribution in [0.3, 0.4) is 0 Å². The third-order valence-corrected chi connectivity index (χ3v) is 5.36. The van der Waals surface area contributed by atoms with Gasteiger partial charge in [0.15, 0.2) is 5.96 Å². The molecule has 3 rings (SSSR count). The van der Waals surface area contributed by atoms with Gasteiger partial charge in [-0.3, -0.25) is 19.8 Å². The Hall–Kier alpha value is -2.68. The van der Waals surface area contributed by atoms with Crippen molar-refractivity contribution in [3.63, 3.8) is 0 Å². The number of non-ortho nitro benzene ring substituents is 1. The lowest BCUT2D eigenvalue weighted by molar-refractivity contribution is -0.384. The van der Waals surface area contributed by atoms with E-state index in [1.54, 1.807) is 12.1 Å². The first-order valence-electron chi connectivity index (χ1n) is 10.3. The Morgan fingerprint density at radius 2 is 1.86 bits per heavy atom. The van der Waals surface area contributed by atoms with Gasteiger partial charge in [-0.15, -0.1) is 0 Å². The third kappa shape index (κ3) is 5.90. The van der Waals surface area contributed by atoms with Crippen LogP contribution in [0.4, 0.5) is 5.69 Å². The molecular weight excluding hydrogens is 372 g/mol. The second kappa shape index (κ2) is 10.2. The molecule has 0 atom stereocenters. The zero-order valence-electron chi connectivity index (χ0n) is 17.0. The van der Waals surface area contributed by atoms with Gasteiger partial charge in [0.1, 0.15) is 0 Å². The van der Waals surface area contributed by atoms with Crippen LogP contribution in [-0.2, 0) is 11.3 Å². The predicted octanol–water partition coefficient (Wildman–Crippen LogP) is 1.30. The Bertz CT molecular complexity index is 739. The highest BCUT2D eigenvalue weighted by Crippen LogP contribution is 2.14. The Morgan fingerprint density at radius 1 is 1.14 bits per heavy atom. The van der Waals surface area contributed by atoms with Gasteiger partial charge in [0.2, 0.25) is 5.91 Å².